The van der Waals surface area contributed by atoms with Gasteiger partial charge in [-0.3, -0.25) is 0 Å². The zero-order valence-corrected chi connectivity index (χ0v) is 8.10. The smallest absolute Gasteiger partial charge is 0.304 e. The Labute approximate surface area is 76.2 Å². The van der Waals surface area contributed by atoms with Crippen LogP contribution in [0.3, 0.4) is 0 Å². The molecule has 4 nitrogen and oxygen atoms in total. The normalized spacial score (nSPS) is 22.5. The number of rotatable bonds is 2. The Morgan fingerprint density at radius 3 is 2.00 bits per heavy atom. The molecule has 0 aromatic carbocycles. The molecule has 0 unspecified atom stereocenters. The first-order valence-electron chi connectivity index (χ1n) is 3.90. The first-order chi connectivity index (χ1) is 5.94. The van der Waals surface area contributed by atoms with E-state index < -0.39 is 15.8 Å². The zero-order valence-electron chi connectivity index (χ0n) is 7.28. The Hall–Kier alpha value is -0.270. The Balaban J connectivity index is 2.64. The maximum absolute atomic E-state index is 12.1. The lowest BCUT2D eigenvalue weighted by Crippen LogP contribution is -2.48. The highest BCUT2D eigenvalue weighted by Gasteiger charge is 2.33. The van der Waals surface area contributed by atoms with E-state index in [1.807, 2.05) is 11.9 Å². The number of piperazine rings is 1. The van der Waals surface area contributed by atoms with E-state index in [0.29, 0.717) is 13.1 Å². The van der Waals surface area contributed by atoms with Gasteiger partial charge in [0.1, 0.15) is 0 Å². The van der Waals surface area contributed by atoms with Gasteiger partial charge in [0.2, 0.25) is 0 Å². The average molecular weight is 214 g/mol. The van der Waals surface area contributed by atoms with Gasteiger partial charge in [-0.05, 0) is 7.05 Å². The molecule has 1 aliphatic heterocycles. The molecule has 0 aromatic rings. The largest absolute Gasteiger partial charge is 0.350 e. The molecule has 0 spiro atoms. The second-order valence-electron chi connectivity index (χ2n) is 3.01. The van der Waals surface area contributed by atoms with Gasteiger partial charge >= 0.3 is 5.76 Å². The van der Waals surface area contributed by atoms with Crippen LogP contribution >= 0.6 is 0 Å². The fourth-order valence-electron chi connectivity index (χ4n) is 1.16. The van der Waals surface area contributed by atoms with Crippen molar-refractivity contribution in [1.29, 1.82) is 0 Å². The van der Waals surface area contributed by atoms with E-state index in [9.17, 15) is 17.2 Å². The summed E-state index contributed by atoms with van der Waals surface area (Å²) in [4.78, 5) is 1.90. The van der Waals surface area contributed by atoms with E-state index in [1.165, 1.54) is 0 Å². The van der Waals surface area contributed by atoms with E-state index in [-0.39, 0.29) is 13.1 Å². The van der Waals surface area contributed by atoms with Crippen molar-refractivity contribution >= 4 is 10.0 Å². The minimum Gasteiger partial charge on any atom is -0.304 e. The Morgan fingerprint density at radius 1 is 1.15 bits per heavy atom. The highest BCUT2D eigenvalue weighted by Crippen LogP contribution is 2.13. The van der Waals surface area contributed by atoms with Crippen molar-refractivity contribution < 1.29 is 17.2 Å². The topological polar surface area (TPSA) is 40.6 Å². The fourth-order valence-corrected chi connectivity index (χ4v) is 2.05. The summed E-state index contributed by atoms with van der Waals surface area (Å²) in [6.07, 6.45) is 0. The Bertz CT molecular complexity index is 260. The van der Waals surface area contributed by atoms with E-state index in [2.05, 4.69) is 0 Å². The minimum atomic E-state index is -4.35. The number of nitrogens with zero attached hydrogens (tertiary/aromatic N) is 2. The molecule has 13 heavy (non-hydrogen) atoms. The fraction of sp³-hybridized carbons (Fsp3) is 1.00. The molecule has 1 fully saturated rings. The Kier molecular flexibility index (Phi) is 3.20. The SMILES string of the molecule is CN1CCN(S(=O)(=O)C(F)F)CC1. The molecule has 0 aromatic heterocycles. The summed E-state index contributed by atoms with van der Waals surface area (Å²) < 4.78 is 46.8. The van der Waals surface area contributed by atoms with E-state index in [1.54, 1.807) is 0 Å². The molecule has 1 heterocycles. The quantitative estimate of drug-likeness (QED) is 0.638. The molecule has 0 N–H and O–H groups in total. The monoisotopic (exact) mass is 214 g/mol. The summed E-state index contributed by atoms with van der Waals surface area (Å²) in [6.45, 7) is 1.32. The van der Waals surface area contributed by atoms with Crippen LogP contribution in [0.5, 0.6) is 0 Å². The highest BCUT2D eigenvalue weighted by atomic mass is 32.2. The van der Waals surface area contributed by atoms with Crippen molar-refractivity contribution in [2.24, 2.45) is 0 Å². The number of hydrogen-bond donors (Lipinski definition) is 0. The van der Waals surface area contributed by atoms with Gasteiger partial charge in [-0.1, -0.05) is 0 Å². The van der Waals surface area contributed by atoms with E-state index in [0.717, 1.165) is 4.31 Å². The number of hydrogen-bond acceptors (Lipinski definition) is 3. The van der Waals surface area contributed by atoms with Crippen LogP contribution in [-0.4, -0.2) is 56.6 Å². The van der Waals surface area contributed by atoms with E-state index >= 15 is 0 Å². The summed E-state index contributed by atoms with van der Waals surface area (Å²) in [5.41, 5.74) is 0. The van der Waals surface area contributed by atoms with Gasteiger partial charge < -0.3 is 4.90 Å². The molecule has 78 valence electrons. The van der Waals surface area contributed by atoms with Gasteiger partial charge in [0.25, 0.3) is 10.0 Å². The van der Waals surface area contributed by atoms with Gasteiger partial charge in [0.05, 0.1) is 0 Å². The van der Waals surface area contributed by atoms with Crippen molar-refractivity contribution in [1.82, 2.24) is 9.21 Å². The second-order valence-corrected chi connectivity index (χ2v) is 4.91. The number of likely N-dealkylation sites (N-methyl/N-ethyl adjacent to an activating group) is 1. The molecule has 0 saturated carbocycles. The van der Waals surface area contributed by atoms with Gasteiger partial charge in [0.15, 0.2) is 0 Å². The third-order valence-corrected chi connectivity index (χ3v) is 3.58. The van der Waals surface area contributed by atoms with E-state index in [4.69, 9.17) is 0 Å². The van der Waals surface area contributed by atoms with Gasteiger partial charge in [-0.15, -0.1) is 0 Å². The van der Waals surface area contributed by atoms with Crippen LogP contribution in [0.2, 0.25) is 0 Å². The van der Waals surface area contributed by atoms with Gasteiger partial charge in [-0.2, -0.15) is 13.1 Å². The molecule has 0 bridgehead atoms. The van der Waals surface area contributed by atoms with Crippen LogP contribution in [0.1, 0.15) is 0 Å². The lowest BCUT2D eigenvalue weighted by Gasteiger charge is -2.31. The summed E-state index contributed by atoms with van der Waals surface area (Å²) in [5.74, 6) is -3.30. The number of halogens is 2. The van der Waals surface area contributed by atoms with Crippen molar-refractivity contribution in [2.75, 3.05) is 33.2 Å². The molecule has 1 rings (SSSR count). The summed E-state index contributed by atoms with van der Waals surface area (Å²) in [5, 5.41) is 0. The van der Waals surface area contributed by atoms with Crippen molar-refractivity contribution in [3.63, 3.8) is 0 Å². The molecule has 0 amide bonds. The first-order valence-corrected chi connectivity index (χ1v) is 5.40. The average Bonchev–Trinajstić information content (AvgIpc) is 2.04. The van der Waals surface area contributed by atoms with Crippen molar-refractivity contribution in [3.05, 3.63) is 0 Å². The van der Waals surface area contributed by atoms with Crippen molar-refractivity contribution in [3.8, 4) is 0 Å². The maximum atomic E-state index is 12.1. The number of sulfonamides is 1. The lowest BCUT2D eigenvalue weighted by atomic mass is 10.4. The first kappa shape index (κ1) is 10.8. The third-order valence-electron chi connectivity index (χ3n) is 2.05. The maximum Gasteiger partial charge on any atom is 0.350 e. The lowest BCUT2D eigenvalue weighted by molar-refractivity contribution is 0.188. The van der Waals surface area contributed by atoms with Crippen LogP contribution in [0.15, 0.2) is 0 Å². The van der Waals surface area contributed by atoms with Crippen LogP contribution in [0, 0.1) is 0 Å². The second kappa shape index (κ2) is 3.85. The standard InChI is InChI=1S/C6H12F2N2O2S/c1-9-2-4-10(5-3-9)13(11,12)6(7)8/h6H,2-5H2,1H3. The predicted molar refractivity (Wildman–Crippen MR) is 44.0 cm³/mol. The molecule has 1 aliphatic rings. The predicted octanol–water partition coefficient (Wildman–Crippen LogP) is -0.214. The van der Waals surface area contributed by atoms with Crippen LogP contribution in [0.4, 0.5) is 8.78 Å². The van der Waals surface area contributed by atoms with Crippen LogP contribution in [0.25, 0.3) is 0 Å². The van der Waals surface area contributed by atoms with Crippen LogP contribution < -0.4 is 0 Å². The molecular weight excluding hydrogens is 202 g/mol. The number of alkyl halides is 2. The zero-order chi connectivity index (χ0) is 10.1. The van der Waals surface area contributed by atoms with Gasteiger partial charge in [0, 0.05) is 26.2 Å². The molecule has 0 radical (unpaired) electrons. The molecule has 1 saturated heterocycles. The van der Waals surface area contributed by atoms with Crippen molar-refractivity contribution in [2.45, 2.75) is 5.76 Å². The summed E-state index contributed by atoms with van der Waals surface area (Å²) in [7, 11) is -2.52. The summed E-state index contributed by atoms with van der Waals surface area (Å²) >= 11 is 0. The Morgan fingerprint density at radius 2 is 1.62 bits per heavy atom. The summed E-state index contributed by atoms with van der Waals surface area (Å²) in [6, 6.07) is 0. The molecule has 0 aliphatic carbocycles. The van der Waals surface area contributed by atoms with Crippen LogP contribution in [-0.2, 0) is 10.0 Å². The highest BCUT2D eigenvalue weighted by molar-refractivity contribution is 7.89. The van der Waals surface area contributed by atoms with Gasteiger partial charge in [-0.25, -0.2) is 8.42 Å². The molecular formula is C6H12F2N2O2S. The minimum absolute atomic E-state index is 0.156. The molecule has 7 heteroatoms. The third kappa shape index (κ3) is 2.35. The molecule has 0 atom stereocenters.